The van der Waals surface area contributed by atoms with Gasteiger partial charge in [0.2, 0.25) is 0 Å². The molecule has 5 aromatic rings. The molecule has 5 rings (SSSR count). The predicted octanol–water partition coefficient (Wildman–Crippen LogP) is 5.40. The van der Waals surface area contributed by atoms with Gasteiger partial charge in [-0.3, -0.25) is 9.97 Å². The number of fused-ring (bicyclic) bond motifs is 6. The van der Waals surface area contributed by atoms with Crippen molar-refractivity contribution in [3.63, 3.8) is 0 Å². The first-order valence-corrected chi connectivity index (χ1v) is 7.95. The molecule has 2 nitrogen and oxygen atoms in total. The minimum Gasteiger partial charge on any atom is -0.285 e. The van der Waals surface area contributed by atoms with E-state index in [2.05, 4.69) is 59.6 Å². The maximum atomic E-state index is 4.88. The van der Waals surface area contributed by atoms with Crippen molar-refractivity contribution in [2.45, 2.75) is 0 Å². The van der Waals surface area contributed by atoms with Crippen molar-refractivity contribution >= 4 is 32.4 Å². The molecule has 0 amide bonds. The van der Waals surface area contributed by atoms with Gasteiger partial charge in [0.15, 0.2) is 0 Å². The van der Waals surface area contributed by atoms with Crippen LogP contribution in [0.15, 0.2) is 79.0 Å². The average Bonchev–Trinajstić information content (AvgIpc) is 2.68. The van der Waals surface area contributed by atoms with Crippen LogP contribution in [0, 0.1) is 6.07 Å². The number of hydrogen-bond donors (Lipinski definition) is 0. The van der Waals surface area contributed by atoms with Gasteiger partial charge in [-0.2, -0.15) is 0 Å². The minimum absolute atomic E-state index is 0. The zero-order valence-corrected chi connectivity index (χ0v) is 15.6. The minimum atomic E-state index is 0. The van der Waals surface area contributed by atoms with Gasteiger partial charge in [0.25, 0.3) is 0 Å². The average molecular weight is 498 g/mol. The van der Waals surface area contributed by atoms with Gasteiger partial charge < -0.3 is 0 Å². The van der Waals surface area contributed by atoms with Crippen molar-refractivity contribution in [2.24, 2.45) is 0 Å². The van der Waals surface area contributed by atoms with E-state index in [1.54, 1.807) is 0 Å². The van der Waals surface area contributed by atoms with Gasteiger partial charge >= 0.3 is 0 Å². The molecule has 25 heavy (non-hydrogen) atoms. The van der Waals surface area contributed by atoms with Gasteiger partial charge in [-0.15, -0.1) is 35.9 Å². The molecule has 0 aliphatic rings. The quantitative estimate of drug-likeness (QED) is 0.229. The molecule has 0 aliphatic carbocycles. The van der Waals surface area contributed by atoms with E-state index in [0.29, 0.717) is 5.82 Å². The predicted molar refractivity (Wildman–Crippen MR) is 98.8 cm³/mol. The van der Waals surface area contributed by atoms with Gasteiger partial charge in [0.05, 0.1) is 11.3 Å². The summed E-state index contributed by atoms with van der Waals surface area (Å²) in [6.45, 7) is 0. The summed E-state index contributed by atoms with van der Waals surface area (Å²) in [5.74, 6) is 0.712. The van der Waals surface area contributed by atoms with E-state index in [1.165, 1.54) is 16.2 Å². The number of nitrogens with zero attached hydrogens (tertiary/aromatic N) is 2. The fourth-order valence-electron chi connectivity index (χ4n) is 3.32. The van der Waals surface area contributed by atoms with E-state index in [4.69, 9.17) is 4.98 Å². The molecule has 0 bridgehead atoms. The molecule has 1 radical (unpaired) electrons. The van der Waals surface area contributed by atoms with Crippen LogP contribution >= 0.6 is 0 Å². The van der Waals surface area contributed by atoms with Crippen molar-refractivity contribution in [3.8, 4) is 11.4 Å². The molecule has 0 unspecified atom stereocenters. The fraction of sp³-hybridized carbons (Fsp3) is 0. The van der Waals surface area contributed by atoms with E-state index < -0.39 is 0 Å². The van der Waals surface area contributed by atoms with Crippen LogP contribution in [0.2, 0.25) is 0 Å². The van der Waals surface area contributed by atoms with Gasteiger partial charge in [0, 0.05) is 37.1 Å². The Labute approximate surface area is 158 Å². The van der Waals surface area contributed by atoms with Crippen LogP contribution < -0.4 is 0 Å². The Kier molecular flexibility index (Phi) is 4.04. The van der Waals surface area contributed by atoms with Crippen LogP contribution in [-0.2, 0) is 20.1 Å². The second-order valence-electron chi connectivity index (χ2n) is 5.82. The van der Waals surface area contributed by atoms with Crippen molar-refractivity contribution < 1.29 is 20.1 Å². The summed E-state index contributed by atoms with van der Waals surface area (Å²) in [6.07, 6.45) is 1.94. The van der Waals surface area contributed by atoms with Crippen LogP contribution in [0.25, 0.3) is 43.8 Å². The Hall–Kier alpha value is -2.61. The zero-order chi connectivity index (χ0) is 15.9. The molecule has 0 aliphatic heterocycles. The summed E-state index contributed by atoms with van der Waals surface area (Å²) in [6, 6.07) is 27.9. The van der Waals surface area contributed by atoms with E-state index in [1.807, 2.05) is 30.5 Å². The second-order valence-corrected chi connectivity index (χ2v) is 5.82. The molecular weight excluding hydrogens is 484 g/mol. The Balaban J connectivity index is 0.00000157. The fourth-order valence-corrected chi connectivity index (χ4v) is 3.32. The first kappa shape index (κ1) is 15.9. The molecule has 1 heterocycles. The smallest absolute Gasteiger partial charge is 0.0756 e. The molecule has 0 spiro atoms. The summed E-state index contributed by atoms with van der Waals surface area (Å²) >= 11 is 0. The second kappa shape index (κ2) is 6.36. The zero-order valence-electron chi connectivity index (χ0n) is 13.2. The number of rotatable bonds is 1. The van der Waals surface area contributed by atoms with Crippen LogP contribution in [0.5, 0.6) is 0 Å². The van der Waals surface area contributed by atoms with Crippen molar-refractivity contribution in [3.05, 3.63) is 85.1 Å². The Morgan fingerprint density at radius 3 is 1.92 bits per heavy atom. The third kappa shape index (κ3) is 2.53. The monoisotopic (exact) mass is 498 g/mol. The summed E-state index contributed by atoms with van der Waals surface area (Å²) in [5.41, 5.74) is 1.91. The van der Waals surface area contributed by atoms with Crippen molar-refractivity contribution in [1.29, 1.82) is 0 Å². The summed E-state index contributed by atoms with van der Waals surface area (Å²) in [4.78, 5) is 9.47. The van der Waals surface area contributed by atoms with E-state index >= 15 is 0 Å². The molecule has 1 aromatic heterocycles. The molecular formula is C22H13IrN2-. The number of benzene rings is 4. The normalized spacial score (nSPS) is 10.9. The molecule has 3 heteroatoms. The van der Waals surface area contributed by atoms with Crippen LogP contribution in [0.4, 0.5) is 0 Å². The number of aromatic nitrogens is 2. The van der Waals surface area contributed by atoms with Gasteiger partial charge in [-0.1, -0.05) is 48.5 Å². The van der Waals surface area contributed by atoms with Crippen LogP contribution in [-0.4, -0.2) is 9.97 Å². The van der Waals surface area contributed by atoms with Gasteiger partial charge in [-0.05, 0) is 16.2 Å². The van der Waals surface area contributed by atoms with Gasteiger partial charge in [0.1, 0.15) is 0 Å². The molecule has 4 aromatic carbocycles. The molecule has 0 N–H and O–H groups in total. The third-order valence-electron chi connectivity index (χ3n) is 4.43. The largest absolute Gasteiger partial charge is 0.285 e. The molecule has 0 saturated heterocycles. The molecule has 0 atom stereocenters. The number of hydrogen-bond acceptors (Lipinski definition) is 2. The van der Waals surface area contributed by atoms with Crippen molar-refractivity contribution in [2.75, 3.05) is 0 Å². The Morgan fingerprint density at radius 2 is 1.24 bits per heavy atom. The maximum absolute atomic E-state index is 4.88. The first-order valence-electron chi connectivity index (χ1n) is 7.95. The topological polar surface area (TPSA) is 25.8 Å². The van der Waals surface area contributed by atoms with Crippen LogP contribution in [0.3, 0.4) is 0 Å². The summed E-state index contributed by atoms with van der Waals surface area (Å²) in [7, 11) is 0. The van der Waals surface area contributed by atoms with Crippen LogP contribution in [0.1, 0.15) is 0 Å². The summed E-state index contributed by atoms with van der Waals surface area (Å²) in [5, 5.41) is 5.90. The van der Waals surface area contributed by atoms with Crippen molar-refractivity contribution in [1.82, 2.24) is 9.97 Å². The molecule has 0 fully saturated rings. The van der Waals surface area contributed by atoms with Gasteiger partial charge in [-0.25, -0.2) is 0 Å². The third-order valence-corrected chi connectivity index (χ3v) is 4.43. The molecule has 121 valence electrons. The van der Waals surface area contributed by atoms with E-state index in [0.717, 1.165) is 21.9 Å². The SMILES string of the molecule is [Ir].[c-]1ccccc1-c1ncc2c3ccccc3c3ccccc3c2n1. The first-order chi connectivity index (χ1) is 11.9. The van der Waals surface area contributed by atoms with E-state index in [9.17, 15) is 0 Å². The Bertz CT molecular complexity index is 1160. The Morgan fingerprint density at radius 1 is 0.640 bits per heavy atom. The standard InChI is InChI=1S/C22H13N2.Ir/c1-2-8-15(9-3-1)22-23-14-20-18-12-5-4-10-16(18)17-11-6-7-13-19(17)21(20)24-22;/h1-8,10-14H;/q-1;. The summed E-state index contributed by atoms with van der Waals surface area (Å²) < 4.78 is 0. The van der Waals surface area contributed by atoms with E-state index in [-0.39, 0.29) is 20.1 Å². The molecule has 0 saturated carbocycles. The maximum Gasteiger partial charge on any atom is 0.0756 e.